The molecule has 0 aliphatic carbocycles. The number of nitrogens with two attached hydrogens (primary N) is 1. The molecule has 0 unspecified atom stereocenters. The van der Waals surface area contributed by atoms with Crippen LogP contribution in [0.1, 0.15) is 36.5 Å². The summed E-state index contributed by atoms with van der Waals surface area (Å²) in [5.41, 5.74) is 7.46. The molecule has 2 bridgehead atoms. The number of hydrogen-bond acceptors (Lipinski definition) is 6. The molecule has 8 nitrogen and oxygen atoms in total. The van der Waals surface area contributed by atoms with E-state index >= 15 is 0 Å². The van der Waals surface area contributed by atoms with Gasteiger partial charge in [-0.15, -0.1) is 5.10 Å². The fraction of sp³-hybridized carbons (Fsp3) is 0.381. The Bertz CT molecular complexity index is 1050. The first-order valence-corrected chi connectivity index (χ1v) is 10.0. The molecule has 0 saturated carbocycles. The number of nitrogen functional groups attached to an aromatic ring is 1. The average Bonchev–Trinajstić information content (AvgIpc) is 3.31. The minimum atomic E-state index is -0.321. The maximum Gasteiger partial charge on any atom is 0.258 e. The van der Waals surface area contributed by atoms with Crippen molar-refractivity contribution < 1.29 is 13.9 Å². The van der Waals surface area contributed by atoms with Crippen LogP contribution in [0.15, 0.2) is 48.2 Å². The van der Waals surface area contributed by atoms with Crippen molar-refractivity contribution in [2.75, 3.05) is 30.3 Å². The van der Waals surface area contributed by atoms with Gasteiger partial charge in [0, 0.05) is 24.9 Å². The number of aromatic nitrogens is 3. The first-order valence-electron chi connectivity index (χ1n) is 10.0. The van der Waals surface area contributed by atoms with Crippen molar-refractivity contribution in [2.45, 2.75) is 32.2 Å². The van der Waals surface area contributed by atoms with Crippen LogP contribution in [-0.2, 0) is 4.74 Å². The molecular formula is C21H25FN6O2. The monoisotopic (exact) mass is 412 g/mol. The van der Waals surface area contributed by atoms with Gasteiger partial charge in [-0.3, -0.25) is 4.79 Å². The highest BCUT2D eigenvalue weighted by Crippen LogP contribution is 2.32. The van der Waals surface area contributed by atoms with Gasteiger partial charge < -0.3 is 20.7 Å². The lowest BCUT2D eigenvalue weighted by Gasteiger charge is -2.28. The lowest BCUT2D eigenvalue weighted by molar-refractivity contribution is 0.0952. The van der Waals surface area contributed by atoms with Gasteiger partial charge in [-0.1, -0.05) is 6.58 Å². The van der Waals surface area contributed by atoms with E-state index in [1.54, 1.807) is 12.3 Å². The third kappa shape index (κ3) is 3.74. The van der Waals surface area contributed by atoms with Crippen LogP contribution in [0.4, 0.5) is 16.0 Å². The van der Waals surface area contributed by atoms with Crippen LogP contribution in [0.2, 0.25) is 0 Å². The first kappa shape index (κ1) is 19.9. The second kappa shape index (κ2) is 8.17. The number of allylic oxidation sites excluding steroid dienone is 3. The Hall–Kier alpha value is -3.36. The van der Waals surface area contributed by atoms with Crippen molar-refractivity contribution >= 4 is 23.2 Å². The summed E-state index contributed by atoms with van der Waals surface area (Å²) >= 11 is 0. The normalized spacial score (nSPS) is 22.2. The molecule has 4 heterocycles. The number of rotatable bonds is 1. The van der Waals surface area contributed by atoms with Gasteiger partial charge in [-0.05, 0) is 44.4 Å². The maximum atomic E-state index is 13.3. The minimum absolute atomic E-state index is 0.0417. The smallest absolute Gasteiger partial charge is 0.258 e. The van der Waals surface area contributed by atoms with E-state index in [4.69, 9.17) is 15.5 Å². The number of hydrogen-bond donors (Lipinski definition) is 2. The summed E-state index contributed by atoms with van der Waals surface area (Å²) in [6, 6.07) is 1.80. The van der Waals surface area contributed by atoms with Crippen molar-refractivity contribution in [3.63, 3.8) is 0 Å². The molecule has 0 aromatic carbocycles. The second-order valence-corrected chi connectivity index (χ2v) is 7.43. The van der Waals surface area contributed by atoms with Gasteiger partial charge in [0.2, 0.25) is 0 Å². The molecule has 30 heavy (non-hydrogen) atoms. The lowest BCUT2D eigenvalue weighted by Crippen LogP contribution is -2.33. The summed E-state index contributed by atoms with van der Waals surface area (Å²) in [7, 11) is 0. The van der Waals surface area contributed by atoms with Crippen LogP contribution < -0.4 is 16.0 Å². The highest BCUT2D eigenvalue weighted by atomic mass is 19.1. The third-order valence-electron chi connectivity index (χ3n) is 5.32. The van der Waals surface area contributed by atoms with E-state index in [2.05, 4.69) is 21.9 Å². The minimum Gasteiger partial charge on any atom is -0.493 e. The van der Waals surface area contributed by atoms with E-state index < -0.39 is 0 Å². The molecule has 1 saturated heterocycles. The topological polar surface area (TPSA) is 97.8 Å². The van der Waals surface area contributed by atoms with E-state index in [1.165, 1.54) is 17.5 Å². The molecule has 0 radical (unpaired) electrons. The predicted molar refractivity (Wildman–Crippen MR) is 113 cm³/mol. The van der Waals surface area contributed by atoms with E-state index in [0.717, 1.165) is 25.0 Å². The van der Waals surface area contributed by atoms with Crippen molar-refractivity contribution in [1.82, 2.24) is 19.9 Å². The molecule has 9 heteroatoms. The molecule has 2 aromatic rings. The summed E-state index contributed by atoms with van der Waals surface area (Å²) in [5, 5.41) is 7.04. The number of nitrogens with zero attached hydrogens (tertiary/aromatic N) is 4. The molecular weight excluding hydrogens is 387 g/mol. The lowest BCUT2D eigenvalue weighted by atomic mass is 10.0. The zero-order valence-corrected chi connectivity index (χ0v) is 16.9. The predicted octanol–water partition coefficient (Wildman–Crippen LogP) is 2.74. The summed E-state index contributed by atoms with van der Waals surface area (Å²) < 4.78 is 20.8. The van der Waals surface area contributed by atoms with Gasteiger partial charge in [0.1, 0.15) is 17.1 Å². The van der Waals surface area contributed by atoms with Crippen molar-refractivity contribution in [2.24, 2.45) is 0 Å². The highest BCUT2D eigenvalue weighted by Gasteiger charge is 2.31. The fourth-order valence-electron chi connectivity index (χ4n) is 3.86. The molecule has 4 rings (SSSR count). The quantitative estimate of drug-likeness (QED) is 0.748. The van der Waals surface area contributed by atoms with E-state index in [-0.39, 0.29) is 29.2 Å². The number of ether oxygens (including phenoxy) is 1. The molecule has 0 spiro atoms. The Morgan fingerprint density at radius 3 is 3.10 bits per heavy atom. The Labute approximate surface area is 173 Å². The Morgan fingerprint density at radius 2 is 2.30 bits per heavy atom. The number of halogens is 1. The Morgan fingerprint density at radius 1 is 1.47 bits per heavy atom. The fourth-order valence-corrected chi connectivity index (χ4v) is 3.86. The van der Waals surface area contributed by atoms with Gasteiger partial charge in [-0.25, -0.2) is 13.9 Å². The molecule has 1 amide bonds. The number of amides is 1. The van der Waals surface area contributed by atoms with Crippen molar-refractivity contribution in [3.05, 3.63) is 53.7 Å². The summed E-state index contributed by atoms with van der Waals surface area (Å²) in [4.78, 5) is 19.5. The average molecular weight is 412 g/mol. The zero-order valence-electron chi connectivity index (χ0n) is 16.9. The highest BCUT2D eigenvalue weighted by molar-refractivity contribution is 6.04. The summed E-state index contributed by atoms with van der Waals surface area (Å²) in [5.74, 6) is 0.753. The SMILES string of the molecule is C=C1/C(=C\C=C(/C)F)OCCCNC(=O)c2c(N)nn3ccc(nc23)N2CCC[C@H]12. The first-order chi connectivity index (χ1) is 14.5. The zero-order chi connectivity index (χ0) is 21.3. The van der Waals surface area contributed by atoms with Crippen molar-refractivity contribution in [3.8, 4) is 0 Å². The van der Waals surface area contributed by atoms with Crippen LogP contribution in [-0.4, -0.2) is 46.2 Å². The number of fused-ring (bicyclic) bond motifs is 3. The summed E-state index contributed by atoms with van der Waals surface area (Å²) in [6.07, 6.45) is 7.13. The standard InChI is InChI=1S/C21H25FN6O2/c1-13(22)6-7-16-14(2)15-5-3-10-27(15)17-8-11-28-20(25-17)18(19(23)26-28)21(29)24-9-4-12-30-16/h6-8,11,15H,2-5,9-10,12H2,1H3,(H2,23,26)(H,24,29)/b13-6+,16-7+/t15-/m1/s1. The number of anilines is 2. The molecule has 158 valence electrons. The Balaban J connectivity index is 1.79. The van der Waals surface area contributed by atoms with E-state index in [0.29, 0.717) is 36.8 Å². The molecule has 2 aromatic heterocycles. The van der Waals surface area contributed by atoms with Crippen LogP contribution in [0.25, 0.3) is 5.65 Å². The van der Waals surface area contributed by atoms with Crippen LogP contribution >= 0.6 is 0 Å². The molecule has 2 aliphatic heterocycles. The molecule has 2 aliphatic rings. The van der Waals surface area contributed by atoms with Crippen LogP contribution in [0, 0.1) is 0 Å². The van der Waals surface area contributed by atoms with Gasteiger partial charge >= 0.3 is 0 Å². The number of nitrogens with one attached hydrogen (secondary N) is 1. The molecule has 1 fully saturated rings. The third-order valence-corrected chi connectivity index (χ3v) is 5.32. The maximum absolute atomic E-state index is 13.3. The van der Waals surface area contributed by atoms with Gasteiger partial charge in [-0.2, -0.15) is 0 Å². The van der Waals surface area contributed by atoms with E-state index in [1.807, 2.05) is 6.07 Å². The second-order valence-electron chi connectivity index (χ2n) is 7.43. The molecule has 1 atom stereocenters. The van der Waals surface area contributed by atoms with E-state index in [9.17, 15) is 9.18 Å². The van der Waals surface area contributed by atoms with Crippen LogP contribution in [0.5, 0.6) is 0 Å². The largest absolute Gasteiger partial charge is 0.493 e. The summed E-state index contributed by atoms with van der Waals surface area (Å²) in [6.45, 7) is 7.17. The number of carbonyl (C=O) groups is 1. The number of carbonyl (C=O) groups excluding carboxylic acids is 1. The van der Waals surface area contributed by atoms with Gasteiger partial charge in [0.05, 0.1) is 18.5 Å². The van der Waals surface area contributed by atoms with Crippen LogP contribution in [0.3, 0.4) is 0 Å². The Kier molecular flexibility index (Phi) is 5.43. The van der Waals surface area contributed by atoms with Gasteiger partial charge in [0.15, 0.2) is 11.5 Å². The van der Waals surface area contributed by atoms with Gasteiger partial charge in [0.25, 0.3) is 5.91 Å². The van der Waals surface area contributed by atoms with Crippen molar-refractivity contribution in [1.29, 1.82) is 0 Å². The molecule has 3 N–H and O–H groups in total.